The minimum Gasteiger partial charge on any atom is -0.390 e. The van der Waals surface area contributed by atoms with E-state index >= 15 is 0 Å². The largest absolute Gasteiger partial charge is 0.390 e. The molecule has 0 radical (unpaired) electrons. The Balaban J connectivity index is 0.000000487. The molecule has 0 aliphatic heterocycles. The second-order valence-corrected chi connectivity index (χ2v) is 3.59. The minimum absolute atomic E-state index is 0.382. The van der Waals surface area contributed by atoms with Gasteiger partial charge in [0.25, 0.3) is 0 Å². The highest BCUT2D eigenvalue weighted by molar-refractivity contribution is 5.96. The Morgan fingerprint density at radius 3 is 1.88 bits per heavy atom. The van der Waals surface area contributed by atoms with Crippen LogP contribution in [-0.2, 0) is 9.53 Å². The van der Waals surface area contributed by atoms with Gasteiger partial charge in [0.15, 0.2) is 0 Å². The van der Waals surface area contributed by atoms with Crippen LogP contribution >= 0.6 is 0 Å². The molecule has 0 atom stereocenters. The van der Waals surface area contributed by atoms with Gasteiger partial charge < -0.3 is 9.64 Å². The highest BCUT2D eigenvalue weighted by Gasteiger charge is 2.07. The summed E-state index contributed by atoms with van der Waals surface area (Å²) in [6, 6.07) is 8.37. The summed E-state index contributed by atoms with van der Waals surface area (Å²) in [4.78, 5) is 23.4. The van der Waals surface area contributed by atoms with E-state index in [2.05, 4.69) is 4.74 Å². The normalized spacial score (nSPS) is 9.06. The van der Waals surface area contributed by atoms with Gasteiger partial charge in [0.1, 0.15) is 0 Å². The first-order valence-corrected chi connectivity index (χ1v) is 4.82. The maximum atomic E-state index is 11.0. The van der Waals surface area contributed by atoms with E-state index in [1.54, 1.807) is 30.3 Å². The first kappa shape index (κ1) is 14.3. The summed E-state index contributed by atoms with van der Waals surface area (Å²) >= 11 is 0. The molecule has 0 heterocycles. The van der Waals surface area contributed by atoms with Crippen molar-refractivity contribution in [2.75, 3.05) is 21.1 Å². The van der Waals surface area contributed by atoms with Gasteiger partial charge in [0.05, 0.1) is 5.56 Å². The highest BCUT2D eigenvalue weighted by atomic mass is 16.6. The zero-order valence-electron chi connectivity index (χ0n) is 10.1. The standard InChI is InChI=1S/C9H8O3.C3H9N/c1-7(10)12-9(11)8-5-3-2-4-6-8;1-4(2)3/h2-6H,1H3;1-3H3. The van der Waals surface area contributed by atoms with E-state index in [1.165, 1.54) is 6.92 Å². The Morgan fingerprint density at radius 2 is 1.50 bits per heavy atom. The van der Waals surface area contributed by atoms with Gasteiger partial charge in [-0.25, -0.2) is 4.79 Å². The number of carbonyl (C=O) groups excluding carboxylic acids is 2. The number of nitrogens with zero attached hydrogens (tertiary/aromatic N) is 1. The van der Waals surface area contributed by atoms with Gasteiger partial charge in [-0.2, -0.15) is 0 Å². The van der Waals surface area contributed by atoms with Gasteiger partial charge >= 0.3 is 11.9 Å². The molecule has 4 nitrogen and oxygen atoms in total. The summed E-state index contributed by atoms with van der Waals surface area (Å²) in [5, 5.41) is 0. The monoisotopic (exact) mass is 223 g/mol. The second-order valence-electron chi connectivity index (χ2n) is 3.59. The number of hydrogen-bond donors (Lipinski definition) is 0. The molecule has 0 aliphatic rings. The topological polar surface area (TPSA) is 46.6 Å². The third-order valence-electron chi connectivity index (χ3n) is 1.25. The second kappa shape index (κ2) is 7.59. The summed E-state index contributed by atoms with van der Waals surface area (Å²) in [5.41, 5.74) is 0.382. The van der Waals surface area contributed by atoms with Crippen LogP contribution in [0.3, 0.4) is 0 Å². The van der Waals surface area contributed by atoms with E-state index < -0.39 is 11.9 Å². The Labute approximate surface area is 95.8 Å². The summed E-state index contributed by atoms with van der Waals surface area (Å²) in [7, 11) is 6.00. The highest BCUT2D eigenvalue weighted by Crippen LogP contribution is 2.00. The van der Waals surface area contributed by atoms with Crippen LogP contribution in [0.5, 0.6) is 0 Å². The Hall–Kier alpha value is -1.68. The van der Waals surface area contributed by atoms with Crippen molar-refractivity contribution in [2.24, 2.45) is 0 Å². The van der Waals surface area contributed by atoms with Gasteiger partial charge in [-0.1, -0.05) is 18.2 Å². The van der Waals surface area contributed by atoms with Crippen molar-refractivity contribution in [3.63, 3.8) is 0 Å². The predicted octanol–water partition coefficient (Wildman–Crippen LogP) is 1.57. The molecule has 0 saturated carbocycles. The van der Waals surface area contributed by atoms with Crippen molar-refractivity contribution >= 4 is 11.9 Å². The molecule has 4 heteroatoms. The SMILES string of the molecule is CC(=O)OC(=O)c1ccccc1.CN(C)C. The summed E-state index contributed by atoms with van der Waals surface area (Å²) < 4.78 is 4.36. The third-order valence-corrected chi connectivity index (χ3v) is 1.25. The molecule has 1 aromatic carbocycles. The van der Waals surface area contributed by atoms with Gasteiger partial charge in [0.2, 0.25) is 0 Å². The van der Waals surface area contributed by atoms with Crippen molar-refractivity contribution in [1.29, 1.82) is 0 Å². The summed E-state index contributed by atoms with van der Waals surface area (Å²) in [6.45, 7) is 1.20. The van der Waals surface area contributed by atoms with Crippen LogP contribution in [0.25, 0.3) is 0 Å². The smallest absolute Gasteiger partial charge is 0.345 e. The fourth-order valence-electron chi connectivity index (χ4n) is 0.764. The van der Waals surface area contributed by atoms with Crippen LogP contribution in [0.2, 0.25) is 0 Å². The van der Waals surface area contributed by atoms with Gasteiger partial charge in [-0.15, -0.1) is 0 Å². The third kappa shape index (κ3) is 7.70. The summed E-state index contributed by atoms with van der Waals surface area (Å²) in [5.74, 6) is -1.20. The average molecular weight is 223 g/mol. The maximum Gasteiger partial charge on any atom is 0.345 e. The van der Waals surface area contributed by atoms with E-state index in [1.807, 2.05) is 26.0 Å². The number of carbonyl (C=O) groups is 2. The molecule has 0 N–H and O–H groups in total. The molecule has 0 amide bonds. The number of ether oxygens (including phenoxy) is 1. The first-order chi connectivity index (χ1) is 7.43. The molecule has 0 bridgehead atoms. The first-order valence-electron chi connectivity index (χ1n) is 4.82. The molecule has 0 aromatic heterocycles. The molecule has 88 valence electrons. The van der Waals surface area contributed by atoms with Crippen LogP contribution in [0.1, 0.15) is 17.3 Å². The van der Waals surface area contributed by atoms with Crippen LogP contribution in [0.4, 0.5) is 0 Å². The van der Waals surface area contributed by atoms with Crippen LogP contribution in [0.15, 0.2) is 30.3 Å². The molecular formula is C12H17NO3. The fraction of sp³-hybridized carbons (Fsp3) is 0.333. The Kier molecular flexibility index (Phi) is 6.79. The van der Waals surface area contributed by atoms with Gasteiger partial charge in [-0.3, -0.25) is 4.79 Å². The molecular weight excluding hydrogens is 206 g/mol. The van der Waals surface area contributed by atoms with E-state index in [0.717, 1.165) is 0 Å². The molecule has 16 heavy (non-hydrogen) atoms. The molecule has 0 aliphatic carbocycles. The number of rotatable bonds is 1. The quantitative estimate of drug-likeness (QED) is 0.535. The van der Waals surface area contributed by atoms with Crippen LogP contribution in [-0.4, -0.2) is 38.0 Å². The molecule has 0 unspecified atom stereocenters. The molecule has 0 saturated heterocycles. The lowest BCUT2D eigenvalue weighted by molar-refractivity contribution is -0.135. The van der Waals surface area contributed by atoms with E-state index in [4.69, 9.17) is 0 Å². The molecule has 0 spiro atoms. The minimum atomic E-state index is -0.608. The number of hydrogen-bond acceptors (Lipinski definition) is 4. The van der Waals surface area contributed by atoms with Crippen molar-refractivity contribution in [3.05, 3.63) is 35.9 Å². The summed E-state index contributed by atoms with van der Waals surface area (Å²) in [6.07, 6.45) is 0. The lowest BCUT2D eigenvalue weighted by atomic mass is 10.2. The lowest BCUT2D eigenvalue weighted by Gasteiger charge is -1.97. The number of esters is 2. The average Bonchev–Trinajstić information content (AvgIpc) is 2.17. The zero-order valence-corrected chi connectivity index (χ0v) is 10.1. The Bertz CT molecular complexity index is 331. The molecule has 1 aromatic rings. The number of benzene rings is 1. The predicted molar refractivity (Wildman–Crippen MR) is 62.1 cm³/mol. The molecule has 1 rings (SSSR count). The van der Waals surface area contributed by atoms with E-state index in [9.17, 15) is 9.59 Å². The Morgan fingerprint density at radius 1 is 1.06 bits per heavy atom. The maximum absolute atomic E-state index is 11.0. The zero-order chi connectivity index (χ0) is 12.6. The lowest BCUT2D eigenvalue weighted by Crippen LogP contribution is -2.08. The van der Waals surface area contributed by atoms with Crippen molar-refractivity contribution in [2.45, 2.75) is 6.92 Å². The van der Waals surface area contributed by atoms with Gasteiger partial charge in [0, 0.05) is 6.92 Å². The molecule has 0 fully saturated rings. The van der Waals surface area contributed by atoms with E-state index in [-0.39, 0.29) is 0 Å². The van der Waals surface area contributed by atoms with Crippen molar-refractivity contribution in [1.82, 2.24) is 4.90 Å². The van der Waals surface area contributed by atoms with Crippen molar-refractivity contribution < 1.29 is 14.3 Å². The van der Waals surface area contributed by atoms with Crippen LogP contribution in [0, 0.1) is 0 Å². The fourth-order valence-corrected chi connectivity index (χ4v) is 0.764. The van der Waals surface area contributed by atoms with Gasteiger partial charge in [-0.05, 0) is 33.3 Å². The van der Waals surface area contributed by atoms with Crippen molar-refractivity contribution in [3.8, 4) is 0 Å². The van der Waals surface area contributed by atoms with Crippen LogP contribution < -0.4 is 0 Å². The van der Waals surface area contributed by atoms with E-state index in [0.29, 0.717) is 5.56 Å².